The number of nitrogens with zero attached hydrogens (tertiary/aromatic N) is 1. The van der Waals surface area contributed by atoms with Crippen LogP contribution in [0.25, 0.3) is 0 Å². The Balaban J connectivity index is 1.54. The number of anilines is 1. The summed E-state index contributed by atoms with van der Waals surface area (Å²) in [5, 5.41) is 10.4. The van der Waals surface area contributed by atoms with Gasteiger partial charge in [0.2, 0.25) is 15.9 Å². The minimum Gasteiger partial charge on any atom is -0.359 e. The maximum absolute atomic E-state index is 13.1. The van der Waals surface area contributed by atoms with Gasteiger partial charge < -0.3 is 10.2 Å². The number of sulfonamides is 1. The SMILES string of the molecule is Cc1ccc(C(NC(=O)CN2c3ccc(S(N)(=O)=O)cc3CC2C)c2cccs2)cc1. The molecule has 6 nitrogen and oxygen atoms in total. The van der Waals surface area contributed by atoms with Gasteiger partial charge in [-0.1, -0.05) is 35.9 Å². The number of rotatable bonds is 6. The van der Waals surface area contributed by atoms with Gasteiger partial charge in [0, 0.05) is 16.6 Å². The monoisotopic (exact) mass is 455 g/mol. The van der Waals surface area contributed by atoms with Gasteiger partial charge in [0.25, 0.3) is 0 Å². The van der Waals surface area contributed by atoms with Crippen LogP contribution in [0.4, 0.5) is 5.69 Å². The molecule has 0 radical (unpaired) electrons. The zero-order chi connectivity index (χ0) is 22.2. The summed E-state index contributed by atoms with van der Waals surface area (Å²) in [4.78, 5) is 16.2. The van der Waals surface area contributed by atoms with E-state index < -0.39 is 10.0 Å². The molecule has 2 aromatic carbocycles. The van der Waals surface area contributed by atoms with Crippen LogP contribution in [-0.4, -0.2) is 26.9 Å². The van der Waals surface area contributed by atoms with Crippen molar-refractivity contribution in [2.45, 2.75) is 37.2 Å². The Labute approximate surface area is 186 Å². The fourth-order valence-electron chi connectivity index (χ4n) is 3.98. The number of aryl methyl sites for hydroxylation is 1. The Bertz CT molecular complexity index is 1190. The van der Waals surface area contributed by atoms with E-state index in [1.807, 2.05) is 60.5 Å². The summed E-state index contributed by atoms with van der Waals surface area (Å²) in [7, 11) is -3.75. The number of carbonyl (C=O) groups excluding carboxylic acids is 1. The molecule has 8 heteroatoms. The zero-order valence-corrected chi connectivity index (χ0v) is 19.0. The largest absolute Gasteiger partial charge is 0.359 e. The van der Waals surface area contributed by atoms with E-state index in [4.69, 9.17) is 5.14 Å². The number of amides is 1. The van der Waals surface area contributed by atoms with Gasteiger partial charge in [-0.2, -0.15) is 0 Å². The minimum atomic E-state index is -3.75. The van der Waals surface area contributed by atoms with Crippen molar-refractivity contribution in [2.24, 2.45) is 5.14 Å². The summed E-state index contributed by atoms with van der Waals surface area (Å²) >= 11 is 1.61. The van der Waals surface area contributed by atoms with Crippen LogP contribution in [-0.2, 0) is 21.2 Å². The lowest BCUT2D eigenvalue weighted by Gasteiger charge is -2.26. The third-order valence-corrected chi connectivity index (χ3v) is 7.44. The quantitative estimate of drug-likeness (QED) is 0.596. The van der Waals surface area contributed by atoms with Crippen LogP contribution < -0.4 is 15.4 Å². The second kappa shape index (κ2) is 8.45. The summed E-state index contributed by atoms with van der Waals surface area (Å²) < 4.78 is 23.3. The van der Waals surface area contributed by atoms with Gasteiger partial charge in [0.15, 0.2) is 0 Å². The molecular weight excluding hydrogens is 430 g/mol. The van der Waals surface area contributed by atoms with Crippen LogP contribution in [0.5, 0.6) is 0 Å². The van der Waals surface area contributed by atoms with Crippen LogP contribution in [0.1, 0.15) is 34.5 Å². The van der Waals surface area contributed by atoms with Crippen LogP contribution >= 0.6 is 11.3 Å². The smallest absolute Gasteiger partial charge is 0.240 e. The van der Waals surface area contributed by atoms with Gasteiger partial charge in [-0.05, 0) is 61.0 Å². The van der Waals surface area contributed by atoms with E-state index in [-0.39, 0.29) is 29.4 Å². The number of nitrogens with two attached hydrogens (primary N) is 1. The number of hydrogen-bond donors (Lipinski definition) is 2. The topological polar surface area (TPSA) is 92.5 Å². The molecule has 2 atom stereocenters. The molecule has 0 bridgehead atoms. The molecule has 0 saturated heterocycles. The summed E-state index contributed by atoms with van der Waals surface area (Å²) in [5.74, 6) is -0.0887. The van der Waals surface area contributed by atoms with E-state index in [9.17, 15) is 13.2 Å². The summed E-state index contributed by atoms with van der Waals surface area (Å²) in [6.45, 7) is 4.26. The van der Waals surface area contributed by atoms with Crippen molar-refractivity contribution in [3.8, 4) is 0 Å². The third kappa shape index (κ3) is 4.66. The Hall–Kier alpha value is -2.68. The fraction of sp³-hybridized carbons (Fsp3) is 0.261. The Morgan fingerprint density at radius 2 is 1.97 bits per heavy atom. The molecule has 3 aromatic rings. The van der Waals surface area contributed by atoms with E-state index >= 15 is 0 Å². The van der Waals surface area contributed by atoms with Crippen molar-refractivity contribution in [3.63, 3.8) is 0 Å². The molecule has 1 aliphatic rings. The molecule has 2 heterocycles. The molecule has 3 N–H and O–H groups in total. The highest BCUT2D eigenvalue weighted by atomic mass is 32.2. The number of thiophene rings is 1. The highest BCUT2D eigenvalue weighted by Gasteiger charge is 2.29. The number of primary sulfonamides is 1. The van der Waals surface area contributed by atoms with E-state index in [1.165, 1.54) is 11.6 Å². The highest BCUT2D eigenvalue weighted by molar-refractivity contribution is 7.89. The number of fused-ring (bicyclic) bond motifs is 1. The molecular formula is C23H25N3O3S2. The normalized spacial score (nSPS) is 16.7. The van der Waals surface area contributed by atoms with Crippen molar-refractivity contribution in [1.82, 2.24) is 5.32 Å². The number of carbonyl (C=O) groups is 1. The molecule has 0 spiro atoms. The predicted molar refractivity (Wildman–Crippen MR) is 124 cm³/mol. The first-order chi connectivity index (χ1) is 14.7. The van der Waals surface area contributed by atoms with Gasteiger partial charge in [-0.3, -0.25) is 4.79 Å². The van der Waals surface area contributed by atoms with Crippen molar-refractivity contribution in [1.29, 1.82) is 0 Å². The van der Waals surface area contributed by atoms with Gasteiger partial charge in [0.05, 0.1) is 17.5 Å². The van der Waals surface area contributed by atoms with Crippen LogP contribution in [0.2, 0.25) is 0 Å². The summed E-state index contributed by atoms with van der Waals surface area (Å²) in [6, 6.07) is 16.9. The number of hydrogen-bond acceptors (Lipinski definition) is 5. The van der Waals surface area contributed by atoms with Gasteiger partial charge >= 0.3 is 0 Å². The molecule has 1 aliphatic heterocycles. The van der Waals surface area contributed by atoms with E-state index in [1.54, 1.807) is 23.5 Å². The maximum atomic E-state index is 13.1. The van der Waals surface area contributed by atoms with Crippen molar-refractivity contribution < 1.29 is 13.2 Å². The molecule has 1 aromatic heterocycles. The fourth-order valence-corrected chi connectivity index (χ4v) is 5.35. The highest BCUT2D eigenvalue weighted by Crippen LogP contribution is 2.33. The lowest BCUT2D eigenvalue weighted by molar-refractivity contribution is -0.120. The van der Waals surface area contributed by atoms with Gasteiger partial charge in [-0.15, -0.1) is 11.3 Å². The number of nitrogens with one attached hydrogen (secondary N) is 1. The van der Waals surface area contributed by atoms with Crippen LogP contribution in [0.15, 0.2) is 64.9 Å². The molecule has 2 unspecified atom stereocenters. The molecule has 1 amide bonds. The van der Waals surface area contributed by atoms with E-state index in [2.05, 4.69) is 5.32 Å². The predicted octanol–water partition coefficient (Wildman–Crippen LogP) is 3.36. The molecule has 0 fully saturated rings. The van der Waals surface area contributed by atoms with Crippen LogP contribution in [0, 0.1) is 6.92 Å². The van der Waals surface area contributed by atoms with E-state index in [0.717, 1.165) is 21.7 Å². The first-order valence-electron chi connectivity index (χ1n) is 10.0. The molecule has 31 heavy (non-hydrogen) atoms. The molecule has 0 aliphatic carbocycles. The average molecular weight is 456 g/mol. The lowest BCUT2D eigenvalue weighted by Crippen LogP contribution is -2.41. The number of benzene rings is 2. The van der Waals surface area contributed by atoms with Crippen LogP contribution in [0.3, 0.4) is 0 Å². The average Bonchev–Trinajstić information content (AvgIpc) is 3.34. The molecule has 4 rings (SSSR count). The zero-order valence-electron chi connectivity index (χ0n) is 17.4. The molecule has 0 saturated carbocycles. The Kier molecular flexibility index (Phi) is 5.88. The Morgan fingerprint density at radius 3 is 2.61 bits per heavy atom. The first kappa shape index (κ1) is 21.5. The minimum absolute atomic E-state index is 0.0797. The second-order valence-corrected chi connectivity index (χ2v) is 10.5. The first-order valence-corrected chi connectivity index (χ1v) is 12.5. The van der Waals surface area contributed by atoms with Gasteiger partial charge in [-0.25, -0.2) is 13.6 Å². The Morgan fingerprint density at radius 1 is 1.23 bits per heavy atom. The van der Waals surface area contributed by atoms with Crippen molar-refractivity contribution in [3.05, 3.63) is 81.5 Å². The lowest BCUT2D eigenvalue weighted by atomic mass is 10.0. The summed E-state index contributed by atoms with van der Waals surface area (Å²) in [5.41, 5.74) is 3.97. The van der Waals surface area contributed by atoms with Gasteiger partial charge in [0.1, 0.15) is 0 Å². The second-order valence-electron chi connectivity index (χ2n) is 7.94. The third-order valence-electron chi connectivity index (χ3n) is 5.59. The van der Waals surface area contributed by atoms with Crippen molar-refractivity contribution >= 4 is 33.0 Å². The van der Waals surface area contributed by atoms with Crippen molar-refractivity contribution in [2.75, 3.05) is 11.4 Å². The molecule has 162 valence electrons. The standard InChI is InChI=1S/C23H25N3O3S2/c1-15-5-7-17(8-6-15)23(21-4-3-11-30-21)25-22(27)14-26-16(2)12-18-13-19(31(24,28)29)9-10-20(18)26/h3-11,13,16,23H,12,14H2,1-2H3,(H,25,27)(H2,24,28,29). The summed E-state index contributed by atoms with van der Waals surface area (Å²) in [6.07, 6.45) is 0.665. The maximum Gasteiger partial charge on any atom is 0.240 e. The van der Waals surface area contributed by atoms with E-state index in [0.29, 0.717) is 6.42 Å².